The molecule has 1 aliphatic rings. The molecule has 4 rings (SSSR count). The lowest BCUT2D eigenvalue weighted by molar-refractivity contribution is -0.384. The highest BCUT2D eigenvalue weighted by Gasteiger charge is 2.27. The Morgan fingerprint density at radius 2 is 1.67 bits per heavy atom. The topological polar surface area (TPSA) is 133 Å². The second kappa shape index (κ2) is 12.2. The number of nitro groups is 1. The maximum Gasteiger partial charge on any atom is 0.305 e. The number of nitrogens with one attached hydrogen (secondary N) is 1. The van der Waals surface area contributed by atoms with Crippen LogP contribution in [0.25, 0.3) is 0 Å². The molecule has 10 nitrogen and oxygen atoms in total. The van der Waals surface area contributed by atoms with Gasteiger partial charge in [-0.05, 0) is 48.4 Å². The van der Waals surface area contributed by atoms with E-state index in [1.807, 2.05) is 11.0 Å². The summed E-state index contributed by atoms with van der Waals surface area (Å²) in [5.74, 6) is -2.48. The smallest absolute Gasteiger partial charge is 0.305 e. The van der Waals surface area contributed by atoms with Crippen molar-refractivity contribution in [3.63, 3.8) is 0 Å². The summed E-state index contributed by atoms with van der Waals surface area (Å²) in [5.41, 5.74) is 0.999. The van der Waals surface area contributed by atoms with Crippen molar-refractivity contribution in [2.24, 2.45) is 0 Å². The molecule has 202 valence electrons. The molecule has 0 radical (unpaired) electrons. The van der Waals surface area contributed by atoms with Crippen LogP contribution in [-0.4, -0.2) is 58.9 Å². The largest absolute Gasteiger partial charge is 0.481 e. The number of anilines is 1. The Morgan fingerprint density at radius 1 is 0.949 bits per heavy atom. The number of nitrogens with zero attached hydrogens (tertiary/aromatic N) is 3. The predicted octanol–water partition coefficient (Wildman–Crippen LogP) is 4.03. The molecular formula is C28H27FN4O6. The minimum Gasteiger partial charge on any atom is -0.481 e. The van der Waals surface area contributed by atoms with Gasteiger partial charge in [-0.2, -0.15) is 0 Å². The molecule has 0 spiro atoms. The van der Waals surface area contributed by atoms with Gasteiger partial charge in [0, 0.05) is 43.4 Å². The zero-order chi connectivity index (χ0) is 27.9. The van der Waals surface area contributed by atoms with Crippen LogP contribution in [0.5, 0.6) is 0 Å². The second-order valence-corrected chi connectivity index (χ2v) is 9.13. The van der Waals surface area contributed by atoms with E-state index in [0.717, 1.165) is 18.2 Å². The van der Waals surface area contributed by atoms with Crippen LogP contribution in [0.1, 0.15) is 45.2 Å². The summed E-state index contributed by atoms with van der Waals surface area (Å²) in [7, 11) is 0. The van der Waals surface area contributed by atoms with E-state index in [-0.39, 0.29) is 17.2 Å². The van der Waals surface area contributed by atoms with E-state index in [1.165, 1.54) is 24.3 Å². The number of carboxylic acid groups (broad SMARTS) is 1. The van der Waals surface area contributed by atoms with Crippen molar-refractivity contribution < 1.29 is 28.8 Å². The number of benzene rings is 3. The normalized spacial score (nSPS) is 14.3. The number of hydrogen-bond donors (Lipinski definition) is 2. The van der Waals surface area contributed by atoms with Crippen LogP contribution in [0.2, 0.25) is 0 Å². The van der Waals surface area contributed by atoms with E-state index in [9.17, 15) is 34.0 Å². The lowest BCUT2D eigenvalue weighted by Gasteiger charge is -2.24. The summed E-state index contributed by atoms with van der Waals surface area (Å²) in [4.78, 5) is 52.2. The van der Waals surface area contributed by atoms with E-state index in [0.29, 0.717) is 49.4 Å². The first-order valence-corrected chi connectivity index (χ1v) is 12.4. The number of nitro benzene ring substituents is 1. The van der Waals surface area contributed by atoms with Gasteiger partial charge in [0.05, 0.1) is 17.4 Å². The Balaban J connectivity index is 1.51. The van der Waals surface area contributed by atoms with Crippen molar-refractivity contribution in [2.75, 3.05) is 31.1 Å². The molecule has 0 aromatic heterocycles. The molecule has 0 aliphatic carbocycles. The van der Waals surface area contributed by atoms with E-state index in [1.54, 1.807) is 29.2 Å². The predicted molar refractivity (Wildman–Crippen MR) is 141 cm³/mol. The van der Waals surface area contributed by atoms with Gasteiger partial charge in [0.2, 0.25) is 0 Å². The Bertz CT molecular complexity index is 1370. The molecule has 1 atom stereocenters. The van der Waals surface area contributed by atoms with Crippen molar-refractivity contribution in [3.05, 3.63) is 105 Å². The average Bonchev–Trinajstić information content (AvgIpc) is 3.19. The van der Waals surface area contributed by atoms with Gasteiger partial charge < -0.3 is 20.2 Å². The molecule has 0 saturated carbocycles. The maximum atomic E-state index is 13.3. The molecule has 2 N–H and O–H groups in total. The zero-order valence-electron chi connectivity index (χ0n) is 21.0. The quantitative estimate of drug-likeness (QED) is 0.329. The number of carboxylic acids is 1. The van der Waals surface area contributed by atoms with Gasteiger partial charge >= 0.3 is 5.97 Å². The SMILES string of the molecule is O=C(O)CC(NC(=O)c1ccc(N2CCCN(C(=O)c3ccccc3)CC2)c([N+](=O)[O-])c1)c1ccc(F)cc1. The molecule has 1 heterocycles. The van der Waals surface area contributed by atoms with Crippen LogP contribution in [0, 0.1) is 15.9 Å². The van der Waals surface area contributed by atoms with Gasteiger partial charge in [0.25, 0.3) is 17.5 Å². The Hall–Kier alpha value is -4.80. The lowest BCUT2D eigenvalue weighted by atomic mass is 10.0. The second-order valence-electron chi connectivity index (χ2n) is 9.13. The van der Waals surface area contributed by atoms with E-state index in [2.05, 4.69) is 5.32 Å². The third-order valence-corrected chi connectivity index (χ3v) is 6.54. The van der Waals surface area contributed by atoms with Crippen molar-refractivity contribution in [2.45, 2.75) is 18.9 Å². The fourth-order valence-corrected chi connectivity index (χ4v) is 4.57. The van der Waals surface area contributed by atoms with Crippen LogP contribution < -0.4 is 10.2 Å². The molecular weight excluding hydrogens is 507 g/mol. The molecule has 39 heavy (non-hydrogen) atoms. The highest BCUT2D eigenvalue weighted by atomic mass is 19.1. The Kier molecular flexibility index (Phi) is 8.50. The first kappa shape index (κ1) is 27.2. The Morgan fingerprint density at radius 3 is 2.33 bits per heavy atom. The first-order valence-electron chi connectivity index (χ1n) is 12.4. The summed E-state index contributed by atoms with van der Waals surface area (Å²) < 4.78 is 13.3. The minimum atomic E-state index is -1.17. The maximum absolute atomic E-state index is 13.3. The summed E-state index contributed by atoms with van der Waals surface area (Å²) in [5, 5.41) is 23.8. The fraction of sp³-hybridized carbons (Fsp3) is 0.250. The van der Waals surface area contributed by atoms with E-state index >= 15 is 0 Å². The van der Waals surface area contributed by atoms with Crippen molar-refractivity contribution >= 4 is 29.2 Å². The molecule has 3 aromatic rings. The molecule has 0 bridgehead atoms. The average molecular weight is 535 g/mol. The third-order valence-electron chi connectivity index (χ3n) is 6.54. The van der Waals surface area contributed by atoms with Crippen LogP contribution in [0.4, 0.5) is 15.8 Å². The van der Waals surface area contributed by atoms with Crippen LogP contribution in [0.15, 0.2) is 72.8 Å². The highest BCUT2D eigenvalue weighted by Crippen LogP contribution is 2.31. The van der Waals surface area contributed by atoms with Gasteiger partial charge in [-0.15, -0.1) is 0 Å². The molecule has 1 fully saturated rings. The number of rotatable bonds is 8. The van der Waals surface area contributed by atoms with Crippen LogP contribution in [-0.2, 0) is 4.79 Å². The van der Waals surface area contributed by atoms with Crippen molar-refractivity contribution in [3.8, 4) is 0 Å². The van der Waals surface area contributed by atoms with E-state index < -0.39 is 35.1 Å². The number of hydrogen-bond acceptors (Lipinski definition) is 6. The highest BCUT2D eigenvalue weighted by molar-refractivity contribution is 5.96. The van der Waals surface area contributed by atoms with Gasteiger partial charge in [-0.3, -0.25) is 24.5 Å². The van der Waals surface area contributed by atoms with Crippen molar-refractivity contribution in [1.82, 2.24) is 10.2 Å². The molecule has 1 aliphatic heterocycles. The minimum absolute atomic E-state index is 0.0151. The molecule has 1 saturated heterocycles. The first-order chi connectivity index (χ1) is 18.7. The monoisotopic (exact) mass is 534 g/mol. The van der Waals surface area contributed by atoms with Crippen molar-refractivity contribution in [1.29, 1.82) is 0 Å². The van der Waals surface area contributed by atoms with Crippen LogP contribution in [0.3, 0.4) is 0 Å². The third kappa shape index (κ3) is 6.75. The Labute approximate surface area is 223 Å². The van der Waals surface area contributed by atoms with Gasteiger partial charge in [-0.1, -0.05) is 30.3 Å². The number of aliphatic carboxylic acids is 1. The number of carbonyl (C=O) groups is 3. The molecule has 3 aromatic carbocycles. The zero-order valence-corrected chi connectivity index (χ0v) is 21.0. The van der Waals surface area contributed by atoms with Crippen LogP contribution >= 0.6 is 0 Å². The van der Waals surface area contributed by atoms with E-state index in [4.69, 9.17) is 0 Å². The number of carbonyl (C=O) groups excluding carboxylic acids is 2. The summed E-state index contributed by atoms with van der Waals surface area (Å²) in [6.45, 7) is 1.74. The van der Waals surface area contributed by atoms with Gasteiger partial charge in [-0.25, -0.2) is 4.39 Å². The van der Waals surface area contributed by atoms with Gasteiger partial charge in [0.15, 0.2) is 0 Å². The summed E-state index contributed by atoms with van der Waals surface area (Å²) in [6.07, 6.45) is 0.149. The van der Waals surface area contributed by atoms with Gasteiger partial charge in [0.1, 0.15) is 11.5 Å². The summed E-state index contributed by atoms with van der Waals surface area (Å²) >= 11 is 0. The standard InChI is InChI=1S/C28H27FN4O6/c29-22-10-7-19(8-11-22)23(18-26(34)35)30-27(36)21-9-12-24(25(17-21)33(38)39)31-13-4-14-32(16-15-31)28(37)20-5-2-1-3-6-20/h1-3,5-12,17,23H,4,13-16,18H2,(H,30,36)(H,34,35). The number of amides is 2. The molecule has 11 heteroatoms. The molecule has 1 unspecified atom stereocenters. The molecule has 2 amide bonds. The fourth-order valence-electron chi connectivity index (χ4n) is 4.57. The number of halogens is 1. The summed E-state index contributed by atoms with van der Waals surface area (Å²) in [6, 6.07) is 17.1. The lowest BCUT2D eigenvalue weighted by Crippen LogP contribution is -2.35.